The first-order chi connectivity index (χ1) is 14.7. The van der Waals surface area contributed by atoms with Crippen LogP contribution >= 0.6 is 0 Å². The van der Waals surface area contributed by atoms with Crippen molar-refractivity contribution in [2.75, 3.05) is 20.7 Å². The van der Waals surface area contributed by atoms with E-state index in [9.17, 15) is 9.18 Å². The predicted octanol–water partition coefficient (Wildman–Crippen LogP) is 5.00. The Kier molecular flexibility index (Phi) is 6.63. The quantitative estimate of drug-likeness (QED) is 0.634. The smallest absolute Gasteiger partial charge is 0.253 e. The summed E-state index contributed by atoms with van der Waals surface area (Å²) in [6.45, 7) is 11.5. The van der Waals surface area contributed by atoms with Gasteiger partial charge in [0.1, 0.15) is 34.8 Å². The number of carbonyl (C=O) groups excluding carboxylic acids is 1. The number of allylic oxidation sites excluding steroid dienone is 3. The van der Waals surface area contributed by atoms with Crippen molar-refractivity contribution in [3.8, 4) is 5.75 Å². The van der Waals surface area contributed by atoms with E-state index in [1.54, 1.807) is 32.3 Å². The molecule has 6 nitrogen and oxygen atoms in total. The van der Waals surface area contributed by atoms with Crippen molar-refractivity contribution in [1.29, 1.82) is 0 Å². The summed E-state index contributed by atoms with van der Waals surface area (Å²) in [6.07, 6.45) is 3.70. The monoisotopic (exact) mass is 425 g/mol. The van der Waals surface area contributed by atoms with Gasteiger partial charge in [-0.3, -0.25) is 4.79 Å². The van der Waals surface area contributed by atoms with E-state index in [-0.39, 0.29) is 11.7 Å². The third-order valence-electron chi connectivity index (χ3n) is 4.92. The number of carbonyl (C=O) groups is 1. The molecule has 0 bridgehead atoms. The highest BCUT2D eigenvalue weighted by Gasteiger charge is 2.28. The van der Waals surface area contributed by atoms with Gasteiger partial charge in [0, 0.05) is 37.7 Å². The second-order valence-corrected chi connectivity index (χ2v) is 7.74. The van der Waals surface area contributed by atoms with Gasteiger partial charge in [-0.15, -0.1) is 6.58 Å². The van der Waals surface area contributed by atoms with Crippen LogP contribution < -0.4 is 4.74 Å². The van der Waals surface area contributed by atoms with Crippen molar-refractivity contribution in [2.45, 2.75) is 32.8 Å². The van der Waals surface area contributed by atoms with Crippen LogP contribution in [0.15, 0.2) is 60.2 Å². The highest BCUT2D eigenvalue weighted by atomic mass is 19.1. The van der Waals surface area contributed by atoms with Gasteiger partial charge in [-0.05, 0) is 38.0 Å². The lowest BCUT2D eigenvalue weighted by atomic mass is 9.93. The number of aromatic nitrogens is 2. The maximum atomic E-state index is 13.7. The lowest BCUT2D eigenvalue weighted by molar-refractivity contribution is 0.0826. The van der Waals surface area contributed by atoms with E-state index >= 15 is 0 Å². The molecule has 2 aromatic rings. The summed E-state index contributed by atoms with van der Waals surface area (Å²) in [7, 11) is 3.39. The number of nitrogens with one attached hydrogen (secondary N) is 1. The molecular weight excluding hydrogens is 397 g/mol. The molecule has 1 aromatic carbocycles. The first-order valence-corrected chi connectivity index (χ1v) is 10.1. The molecule has 31 heavy (non-hydrogen) atoms. The maximum Gasteiger partial charge on any atom is 0.253 e. The van der Waals surface area contributed by atoms with Gasteiger partial charge in [0.2, 0.25) is 0 Å². The van der Waals surface area contributed by atoms with Gasteiger partial charge < -0.3 is 19.4 Å². The number of fused-ring (bicyclic) bond motifs is 1. The van der Waals surface area contributed by atoms with E-state index in [0.717, 1.165) is 5.57 Å². The molecule has 1 atom stereocenters. The summed E-state index contributed by atoms with van der Waals surface area (Å²) < 4.78 is 25.8. The highest BCUT2D eigenvalue weighted by molar-refractivity contribution is 5.99. The van der Waals surface area contributed by atoms with Crippen molar-refractivity contribution in [3.05, 3.63) is 71.6 Å². The lowest BCUT2D eigenvalue weighted by Crippen LogP contribution is -2.28. The Hall–Kier alpha value is -3.35. The molecule has 0 saturated heterocycles. The van der Waals surface area contributed by atoms with E-state index in [1.165, 1.54) is 17.9 Å². The van der Waals surface area contributed by atoms with Crippen LogP contribution in [0.5, 0.6) is 5.75 Å². The molecule has 1 aliphatic rings. The topological polar surface area (TPSA) is 67.5 Å². The fourth-order valence-corrected chi connectivity index (χ4v) is 3.59. The van der Waals surface area contributed by atoms with Crippen LogP contribution in [-0.4, -0.2) is 47.6 Å². The number of amides is 1. The van der Waals surface area contributed by atoms with Crippen molar-refractivity contribution in [1.82, 2.24) is 14.9 Å². The number of aromatic amines is 1. The SMILES string of the molecule is C=CCC(=C)C1=C(/C=C(\C)F)OCCC1Oc1cc(C(=O)N(C)C)cc2[nH]c(C)nc12. The number of H-pyrrole nitrogens is 1. The van der Waals surface area contributed by atoms with Crippen molar-refractivity contribution in [2.24, 2.45) is 0 Å². The zero-order valence-corrected chi connectivity index (χ0v) is 18.4. The van der Waals surface area contributed by atoms with Gasteiger partial charge in [-0.2, -0.15) is 0 Å². The Morgan fingerprint density at radius 1 is 1.45 bits per heavy atom. The van der Waals surface area contributed by atoms with Gasteiger partial charge in [0.25, 0.3) is 5.91 Å². The van der Waals surface area contributed by atoms with Gasteiger partial charge in [0.15, 0.2) is 0 Å². The predicted molar refractivity (Wildman–Crippen MR) is 120 cm³/mol. The molecule has 164 valence electrons. The number of nitrogens with zero attached hydrogens (tertiary/aromatic N) is 2. The normalized spacial score (nSPS) is 16.8. The summed E-state index contributed by atoms with van der Waals surface area (Å²) in [5.74, 6) is 1.07. The fraction of sp³-hybridized carbons (Fsp3) is 0.333. The summed E-state index contributed by atoms with van der Waals surface area (Å²) in [5.41, 5.74) is 3.25. The number of aryl methyl sites for hydroxylation is 1. The van der Waals surface area contributed by atoms with Crippen LogP contribution in [0.3, 0.4) is 0 Å². The summed E-state index contributed by atoms with van der Waals surface area (Å²) in [4.78, 5) is 21.8. The third-order valence-corrected chi connectivity index (χ3v) is 4.92. The van der Waals surface area contributed by atoms with Gasteiger partial charge in [0.05, 0.1) is 12.1 Å². The second kappa shape index (κ2) is 9.20. The molecule has 2 heterocycles. The van der Waals surface area contributed by atoms with E-state index < -0.39 is 6.10 Å². The van der Waals surface area contributed by atoms with Gasteiger partial charge in [-0.1, -0.05) is 12.7 Å². The first-order valence-electron chi connectivity index (χ1n) is 10.1. The Balaban J connectivity index is 2.10. The Morgan fingerprint density at radius 2 is 2.19 bits per heavy atom. The summed E-state index contributed by atoms with van der Waals surface area (Å²) in [6, 6.07) is 3.47. The van der Waals surface area contributed by atoms with Crippen molar-refractivity contribution < 1.29 is 18.7 Å². The number of hydrogen-bond donors (Lipinski definition) is 1. The standard InChI is InChI=1S/C24H28FN3O3/c1-7-8-14(2)22-19(9-10-30-20(22)11-15(3)25)31-21-13-17(24(29)28(5)6)12-18-23(21)27-16(4)26-18/h7,11-13,19H,1-2,8-10H2,3-6H3,(H,26,27)/b15-11+. The molecule has 1 N–H and O–H groups in total. The number of imidazole rings is 1. The highest BCUT2D eigenvalue weighted by Crippen LogP contribution is 2.35. The molecule has 1 unspecified atom stereocenters. The molecular formula is C24H28FN3O3. The maximum absolute atomic E-state index is 13.7. The average Bonchev–Trinajstić information content (AvgIpc) is 3.07. The molecule has 0 saturated carbocycles. The number of halogens is 1. The fourth-order valence-electron chi connectivity index (χ4n) is 3.59. The molecule has 1 aromatic heterocycles. The van der Waals surface area contributed by atoms with Crippen LogP contribution in [0.2, 0.25) is 0 Å². The minimum absolute atomic E-state index is 0.144. The first kappa shape index (κ1) is 22.3. The largest absolute Gasteiger partial charge is 0.493 e. The number of rotatable bonds is 7. The van der Waals surface area contributed by atoms with Crippen LogP contribution in [-0.2, 0) is 4.74 Å². The molecule has 1 aliphatic heterocycles. The molecule has 0 spiro atoms. The van der Waals surface area contributed by atoms with Crippen LogP contribution in [0.4, 0.5) is 4.39 Å². The molecule has 7 heteroatoms. The summed E-state index contributed by atoms with van der Waals surface area (Å²) in [5, 5.41) is 0. The Morgan fingerprint density at radius 3 is 2.84 bits per heavy atom. The minimum atomic E-state index is -0.434. The van der Waals surface area contributed by atoms with Crippen LogP contribution in [0.25, 0.3) is 11.0 Å². The van der Waals surface area contributed by atoms with Crippen molar-refractivity contribution in [3.63, 3.8) is 0 Å². The van der Waals surface area contributed by atoms with E-state index in [0.29, 0.717) is 59.0 Å². The number of benzene rings is 1. The Bertz CT molecular complexity index is 1090. The van der Waals surface area contributed by atoms with Gasteiger partial charge >= 0.3 is 0 Å². The van der Waals surface area contributed by atoms with Crippen LogP contribution in [0.1, 0.15) is 35.9 Å². The zero-order valence-electron chi connectivity index (χ0n) is 18.4. The van der Waals surface area contributed by atoms with E-state index in [4.69, 9.17) is 9.47 Å². The summed E-state index contributed by atoms with van der Waals surface area (Å²) >= 11 is 0. The lowest BCUT2D eigenvalue weighted by Gasteiger charge is -2.29. The number of ether oxygens (including phenoxy) is 2. The van der Waals surface area contributed by atoms with E-state index in [2.05, 4.69) is 23.1 Å². The average molecular weight is 426 g/mol. The molecule has 0 radical (unpaired) electrons. The zero-order chi connectivity index (χ0) is 22.7. The van der Waals surface area contributed by atoms with Crippen molar-refractivity contribution >= 4 is 16.9 Å². The molecule has 0 aliphatic carbocycles. The number of hydrogen-bond acceptors (Lipinski definition) is 4. The minimum Gasteiger partial charge on any atom is -0.493 e. The van der Waals surface area contributed by atoms with E-state index in [1.807, 2.05) is 6.92 Å². The third kappa shape index (κ3) is 4.87. The Labute approximate surface area is 181 Å². The molecule has 0 fully saturated rings. The second-order valence-electron chi connectivity index (χ2n) is 7.74. The molecule has 1 amide bonds. The van der Waals surface area contributed by atoms with Gasteiger partial charge in [-0.25, -0.2) is 9.37 Å². The molecule has 3 rings (SSSR count). The van der Waals surface area contributed by atoms with Crippen LogP contribution in [0, 0.1) is 6.92 Å².